The maximum atomic E-state index is 12.5. The molecule has 0 radical (unpaired) electrons. The minimum Gasteiger partial charge on any atom is -0.493 e. The Hall–Kier alpha value is -1.81. The van der Waals surface area contributed by atoms with Crippen LogP contribution < -0.4 is 19.5 Å². The van der Waals surface area contributed by atoms with Crippen LogP contribution in [0.2, 0.25) is 4.34 Å². The number of ether oxygens (including phenoxy) is 2. The highest BCUT2D eigenvalue weighted by Gasteiger charge is 2.26. The first kappa shape index (κ1) is 25.5. The minimum atomic E-state index is -3.47. The summed E-state index contributed by atoms with van der Waals surface area (Å²) in [6, 6.07) is 8.55. The fourth-order valence-corrected chi connectivity index (χ4v) is 4.71. The van der Waals surface area contributed by atoms with Crippen molar-refractivity contribution in [2.75, 3.05) is 19.4 Å². The molecule has 0 aliphatic heterocycles. The largest absolute Gasteiger partial charge is 0.493 e. The lowest BCUT2D eigenvalue weighted by Gasteiger charge is -2.21. The number of rotatable bonds is 12. The minimum absolute atomic E-state index is 0.0722. The molecule has 31 heavy (non-hydrogen) atoms. The molecule has 0 bridgehead atoms. The molecule has 2 rings (SSSR count). The Labute approximate surface area is 193 Å². The highest BCUT2D eigenvalue weighted by Crippen LogP contribution is 2.30. The van der Waals surface area contributed by atoms with Gasteiger partial charge in [-0.1, -0.05) is 31.5 Å². The Morgan fingerprint density at radius 2 is 1.94 bits per heavy atom. The van der Waals surface area contributed by atoms with Crippen LogP contribution in [0.15, 0.2) is 30.3 Å². The zero-order valence-electron chi connectivity index (χ0n) is 18.1. The van der Waals surface area contributed by atoms with E-state index in [1.165, 1.54) is 18.3 Å². The number of benzene rings is 1. The number of thiophene rings is 1. The second-order valence-corrected chi connectivity index (χ2v) is 11.1. The summed E-state index contributed by atoms with van der Waals surface area (Å²) in [6.07, 6.45) is 0.564. The van der Waals surface area contributed by atoms with E-state index in [4.69, 9.17) is 21.1 Å². The topological polar surface area (TPSA) is 93.7 Å². The van der Waals surface area contributed by atoms with E-state index in [1.807, 2.05) is 30.3 Å². The highest BCUT2D eigenvalue weighted by atomic mass is 35.5. The summed E-state index contributed by atoms with van der Waals surface area (Å²) >= 11 is 7.41. The molecule has 1 aromatic carbocycles. The van der Waals surface area contributed by atoms with Crippen LogP contribution in [0.25, 0.3) is 0 Å². The third-order valence-corrected chi connectivity index (χ3v) is 7.15. The molecule has 1 amide bonds. The summed E-state index contributed by atoms with van der Waals surface area (Å²) in [4.78, 5) is 13.5. The van der Waals surface area contributed by atoms with Gasteiger partial charge in [-0.05, 0) is 49.1 Å². The van der Waals surface area contributed by atoms with Crippen molar-refractivity contribution in [1.29, 1.82) is 0 Å². The van der Waals surface area contributed by atoms with Gasteiger partial charge in [0.25, 0.3) is 0 Å². The van der Waals surface area contributed by atoms with Crippen LogP contribution in [0.4, 0.5) is 0 Å². The number of carbonyl (C=O) groups excluding carboxylic acids is 1. The Kier molecular flexibility index (Phi) is 9.61. The van der Waals surface area contributed by atoms with Gasteiger partial charge in [-0.25, -0.2) is 13.1 Å². The van der Waals surface area contributed by atoms with E-state index in [0.717, 1.165) is 10.4 Å². The highest BCUT2D eigenvalue weighted by molar-refractivity contribution is 7.89. The van der Waals surface area contributed by atoms with Crippen molar-refractivity contribution < 1.29 is 22.7 Å². The average Bonchev–Trinajstić information content (AvgIpc) is 3.15. The lowest BCUT2D eigenvalue weighted by Crippen LogP contribution is -2.50. The lowest BCUT2D eigenvalue weighted by atomic mass is 10.0. The maximum absolute atomic E-state index is 12.5. The van der Waals surface area contributed by atoms with Crippen molar-refractivity contribution in [3.05, 3.63) is 45.1 Å². The van der Waals surface area contributed by atoms with Crippen LogP contribution in [-0.4, -0.2) is 39.8 Å². The average molecular weight is 489 g/mol. The Bertz CT molecular complexity index is 976. The third-order valence-electron chi connectivity index (χ3n) is 4.58. The summed E-state index contributed by atoms with van der Waals surface area (Å²) in [6.45, 7) is 5.90. The van der Waals surface area contributed by atoms with E-state index in [1.54, 1.807) is 21.0 Å². The summed E-state index contributed by atoms with van der Waals surface area (Å²) in [7, 11) is -1.90. The molecule has 0 aliphatic carbocycles. The molecule has 0 fully saturated rings. The van der Waals surface area contributed by atoms with Gasteiger partial charge in [0.2, 0.25) is 15.9 Å². The second kappa shape index (κ2) is 11.7. The van der Waals surface area contributed by atoms with Gasteiger partial charge in [0.1, 0.15) is 12.6 Å². The molecule has 0 saturated heterocycles. The smallest absolute Gasteiger partial charge is 0.238 e. The molecule has 10 heteroatoms. The zero-order valence-corrected chi connectivity index (χ0v) is 20.5. The molecule has 1 unspecified atom stereocenters. The van der Waals surface area contributed by atoms with Crippen molar-refractivity contribution in [3.8, 4) is 11.5 Å². The van der Waals surface area contributed by atoms with Gasteiger partial charge >= 0.3 is 0 Å². The lowest BCUT2D eigenvalue weighted by molar-refractivity contribution is -0.123. The molecule has 1 heterocycles. The Balaban J connectivity index is 1.93. The van der Waals surface area contributed by atoms with Crippen LogP contribution >= 0.6 is 22.9 Å². The quantitative estimate of drug-likeness (QED) is 0.476. The number of nitrogens with one attached hydrogen (secondary N) is 2. The summed E-state index contributed by atoms with van der Waals surface area (Å²) in [5, 5.41) is 2.81. The molecule has 0 aliphatic rings. The van der Waals surface area contributed by atoms with Gasteiger partial charge in [0.15, 0.2) is 11.5 Å². The number of sulfonamides is 1. The van der Waals surface area contributed by atoms with Crippen LogP contribution in [0.3, 0.4) is 0 Å². The van der Waals surface area contributed by atoms with E-state index in [0.29, 0.717) is 35.4 Å². The molecule has 0 spiro atoms. The zero-order chi connectivity index (χ0) is 23.0. The van der Waals surface area contributed by atoms with E-state index >= 15 is 0 Å². The van der Waals surface area contributed by atoms with Gasteiger partial charge in [-0.15, -0.1) is 11.3 Å². The first-order valence-electron chi connectivity index (χ1n) is 9.96. The van der Waals surface area contributed by atoms with Gasteiger partial charge < -0.3 is 14.8 Å². The molecule has 2 aromatic rings. The Morgan fingerprint density at radius 1 is 1.19 bits per heavy atom. The number of methoxy groups -OCH3 is 1. The van der Waals surface area contributed by atoms with E-state index in [-0.39, 0.29) is 17.6 Å². The summed E-state index contributed by atoms with van der Waals surface area (Å²) in [5.41, 5.74) is 0.957. The molecule has 2 N–H and O–H groups in total. The number of hydrogen-bond donors (Lipinski definition) is 2. The van der Waals surface area contributed by atoms with Crippen molar-refractivity contribution in [3.63, 3.8) is 0 Å². The second-order valence-electron chi connectivity index (χ2n) is 7.26. The van der Waals surface area contributed by atoms with Crippen LogP contribution in [-0.2, 0) is 27.8 Å². The molecule has 0 saturated carbocycles. The number of amides is 1. The summed E-state index contributed by atoms with van der Waals surface area (Å²) < 4.78 is 38.1. The third kappa shape index (κ3) is 7.99. The SMILES string of the molecule is CCS(=O)(=O)NC(C(=O)NCCc1ccc(OCc2ccc(Cl)s2)c(OC)c1)C(C)C. The number of halogens is 1. The van der Waals surface area contributed by atoms with Crippen molar-refractivity contribution >= 4 is 38.9 Å². The number of carbonyl (C=O) groups is 1. The first-order valence-corrected chi connectivity index (χ1v) is 12.8. The summed E-state index contributed by atoms with van der Waals surface area (Å²) in [5.74, 6) is 0.637. The van der Waals surface area contributed by atoms with Gasteiger partial charge in [0.05, 0.1) is 17.2 Å². The van der Waals surface area contributed by atoms with Crippen molar-refractivity contribution in [1.82, 2.24) is 10.0 Å². The Morgan fingerprint density at radius 3 is 2.52 bits per heavy atom. The molecule has 1 atom stereocenters. The van der Waals surface area contributed by atoms with E-state index in [9.17, 15) is 13.2 Å². The van der Waals surface area contributed by atoms with Crippen LogP contribution in [0.5, 0.6) is 11.5 Å². The normalized spacial score (nSPS) is 12.6. The molecule has 172 valence electrons. The monoisotopic (exact) mass is 488 g/mol. The van der Waals surface area contributed by atoms with Gasteiger partial charge in [0, 0.05) is 11.4 Å². The van der Waals surface area contributed by atoms with Crippen molar-refractivity contribution in [2.45, 2.75) is 39.8 Å². The van der Waals surface area contributed by atoms with Crippen molar-refractivity contribution in [2.24, 2.45) is 5.92 Å². The van der Waals surface area contributed by atoms with Crippen LogP contribution in [0.1, 0.15) is 31.2 Å². The maximum Gasteiger partial charge on any atom is 0.238 e. The molecular formula is C21H29ClN2O5S2. The predicted octanol–water partition coefficient (Wildman–Crippen LogP) is 3.61. The van der Waals surface area contributed by atoms with Crippen LogP contribution in [0, 0.1) is 5.92 Å². The predicted molar refractivity (Wildman–Crippen MR) is 125 cm³/mol. The van der Waals surface area contributed by atoms with Gasteiger partial charge in [-0.2, -0.15) is 0 Å². The number of hydrogen-bond acceptors (Lipinski definition) is 6. The fourth-order valence-electron chi connectivity index (χ4n) is 2.77. The van der Waals surface area contributed by atoms with Gasteiger partial charge in [-0.3, -0.25) is 4.79 Å². The molecular weight excluding hydrogens is 460 g/mol. The molecule has 1 aromatic heterocycles. The fraction of sp³-hybridized carbons (Fsp3) is 0.476. The van der Waals surface area contributed by atoms with E-state index < -0.39 is 16.1 Å². The first-order chi connectivity index (χ1) is 14.6. The van der Waals surface area contributed by atoms with E-state index in [2.05, 4.69) is 10.0 Å². The molecule has 7 nitrogen and oxygen atoms in total. The standard InChI is InChI=1S/C21H29ClN2O5S2/c1-5-31(26,27)24-20(14(2)3)21(25)23-11-10-15-6-8-17(18(12-15)28-4)29-13-16-7-9-19(22)30-16/h6-9,12,14,20,24H,5,10-11,13H2,1-4H3,(H,23,25).